The molecule has 1 aromatic carbocycles. The van der Waals surface area contributed by atoms with Gasteiger partial charge in [0.25, 0.3) is 0 Å². The molecule has 0 saturated carbocycles. The molecule has 4 rings (SSSR count). The molecule has 2 amide bonds. The minimum absolute atomic E-state index is 0.112. The summed E-state index contributed by atoms with van der Waals surface area (Å²) in [5.74, 6) is 1.20. The lowest BCUT2D eigenvalue weighted by Crippen LogP contribution is -2.38. The molecule has 0 unspecified atom stereocenters. The van der Waals surface area contributed by atoms with E-state index in [1.54, 1.807) is 12.1 Å². The van der Waals surface area contributed by atoms with Gasteiger partial charge in [-0.25, -0.2) is 9.18 Å². The molecule has 9 nitrogen and oxygen atoms in total. The van der Waals surface area contributed by atoms with Gasteiger partial charge in [0, 0.05) is 26.2 Å². The molecule has 0 atom stereocenters. The Kier molecular flexibility index (Phi) is 5.99. The maximum atomic E-state index is 13.7. The molecule has 0 spiro atoms. The van der Waals surface area contributed by atoms with Crippen LogP contribution in [0.1, 0.15) is 18.7 Å². The highest BCUT2D eigenvalue weighted by Crippen LogP contribution is 2.19. The third-order valence-electron chi connectivity index (χ3n) is 4.87. The van der Waals surface area contributed by atoms with Crippen molar-refractivity contribution in [2.75, 3.05) is 54.5 Å². The number of halogens is 1. The van der Waals surface area contributed by atoms with Crippen LogP contribution in [0.15, 0.2) is 24.3 Å². The van der Waals surface area contributed by atoms with Crippen LogP contribution in [-0.4, -0.2) is 60.4 Å². The second-order valence-electron chi connectivity index (χ2n) is 6.93. The van der Waals surface area contributed by atoms with Crippen molar-refractivity contribution >= 4 is 23.6 Å². The van der Waals surface area contributed by atoms with Gasteiger partial charge in [0.1, 0.15) is 5.82 Å². The fourth-order valence-corrected chi connectivity index (χ4v) is 3.33. The van der Waals surface area contributed by atoms with E-state index >= 15 is 0 Å². The lowest BCUT2D eigenvalue weighted by Gasteiger charge is -2.28. The van der Waals surface area contributed by atoms with Crippen molar-refractivity contribution < 1.29 is 13.9 Å². The Morgan fingerprint density at radius 3 is 2.34 bits per heavy atom. The van der Waals surface area contributed by atoms with Crippen molar-refractivity contribution in [1.82, 2.24) is 20.3 Å². The highest BCUT2D eigenvalue weighted by molar-refractivity contribution is 5.89. The predicted octanol–water partition coefficient (Wildman–Crippen LogP) is 1.77. The number of carbonyl (C=O) groups is 1. The quantitative estimate of drug-likeness (QED) is 0.788. The van der Waals surface area contributed by atoms with Gasteiger partial charge in [-0.3, -0.25) is 0 Å². The third kappa shape index (κ3) is 4.89. The van der Waals surface area contributed by atoms with Crippen LogP contribution in [0.4, 0.5) is 26.8 Å². The van der Waals surface area contributed by atoms with Crippen molar-refractivity contribution in [3.8, 4) is 0 Å². The number of hydrogen-bond acceptors (Lipinski definition) is 7. The lowest BCUT2D eigenvalue weighted by atomic mass is 10.3. The number of benzene rings is 1. The first-order chi connectivity index (χ1) is 14.2. The van der Waals surface area contributed by atoms with Gasteiger partial charge in [-0.2, -0.15) is 15.0 Å². The van der Waals surface area contributed by atoms with E-state index in [-0.39, 0.29) is 12.2 Å². The smallest absolute Gasteiger partial charge is 0.319 e. The van der Waals surface area contributed by atoms with E-state index in [0.29, 0.717) is 44.0 Å². The largest absolute Gasteiger partial charge is 0.378 e. The molecule has 2 N–H and O–H groups in total. The zero-order chi connectivity index (χ0) is 20.1. The second-order valence-corrected chi connectivity index (χ2v) is 6.93. The molecule has 0 radical (unpaired) electrons. The molecule has 1 aromatic heterocycles. The number of ether oxygens (including phenoxy) is 1. The molecule has 2 saturated heterocycles. The van der Waals surface area contributed by atoms with Crippen molar-refractivity contribution in [2.45, 2.75) is 19.4 Å². The average Bonchev–Trinajstić information content (AvgIpc) is 3.29. The van der Waals surface area contributed by atoms with Gasteiger partial charge in [-0.05, 0) is 25.0 Å². The van der Waals surface area contributed by atoms with Crippen molar-refractivity contribution in [3.63, 3.8) is 0 Å². The molecule has 0 bridgehead atoms. The highest BCUT2D eigenvalue weighted by atomic mass is 19.1. The van der Waals surface area contributed by atoms with E-state index in [4.69, 9.17) is 4.74 Å². The molecule has 0 aliphatic carbocycles. The zero-order valence-corrected chi connectivity index (χ0v) is 16.1. The van der Waals surface area contributed by atoms with Crippen LogP contribution in [0.5, 0.6) is 0 Å². The van der Waals surface area contributed by atoms with Crippen LogP contribution in [0.3, 0.4) is 0 Å². The summed E-state index contributed by atoms with van der Waals surface area (Å²) in [5.41, 5.74) is 0.118. The Hall–Kier alpha value is -3.01. The van der Waals surface area contributed by atoms with Gasteiger partial charge in [0.15, 0.2) is 5.82 Å². The number of carbonyl (C=O) groups excluding carboxylic acids is 1. The Balaban J connectivity index is 1.47. The second kappa shape index (κ2) is 8.99. The minimum Gasteiger partial charge on any atom is -0.378 e. The molecule has 2 aliphatic heterocycles. The molecule has 2 aliphatic rings. The van der Waals surface area contributed by atoms with Crippen LogP contribution in [0.2, 0.25) is 0 Å². The van der Waals surface area contributed by atoms with Gasteiger partial charge in [0.05, 0.1) is 25.4 Å². The Labute approximate surface area is 168 Å². The van der Waals surface area contributed by atoms with E-state index in [1.165, 1.54) is 12.1 Å². The average molecular weight is 401 g/mol. The van der Waals surface area contributed by atoms with Crippen LogP contribution in [-0.2, 0) is 11.3 Å². The van der Waals surface area contributed by atoms with Crippen LogP contribution < -0.4 is 20.4 Å². The summed E-state index contributed by atoms with van der Waals surface area (Å²) in [6.45, 7) is 4.61. The number of rotatable bonds is 5. The van der Waals surface area contributed by atoms with Gasteiger partial charge in [-0.15, -0.1) is 0 Å². The maximum absolute atomic E-state index is 13.7. The highest BCUT2D eigenvalue weighted by Gasteiger charge is 2.21. The Bertz CT molecular complexity index is 854. The van der Waals surface area contributed by atoms with Crippen molar-refractivity contribution in [1.29, 1.82) is 0 Å². The summed E-state index contributed by atoms with van der Waals surface area (Å²) in [4.78, 5) is 30.1. The topological polar surface area (TPSA) is 95.5 Å². The number of nitrogens with one attached hydrogen (secondary N) is 2. The molecular formula is C19H24FN7O2. The number of amides is 2. The number of para-hydroxylation sites is 1. The van der Waals surface area contributed by atoms with Gasteiger partial charge < -0.3 is 25.2 Å². The molecule has 154 valence electrons. The van der Waals surface area contributed by atoms with E-state index in [9.17, 15) is 9.18 Å². The summed E-state index contributed by atoms with van der Waals surface area (Å²) >= 11 is 0. The number of aromatic nitrogens is 3. The first-order valence-corrected chi connectivity index (χ1v) is 9.81. The van der Waals surface area contributed by atoms with E-state index in [2.05, 4.69) is 35.4 Å². The third-order valence-corrected chi connectivity index (χ3v) is 4.87. The normalized spacial score (nSPS) is 16.7. The maximum Gasteiger partial charge on any atom is 0.319 e. The molecule has 10 heteroatoms. The lowest BCUT2D eigenvalue weighted by molar-refractivity contribution is 0.122. The molecule has 2 fully saturated rings. The summed E-state index contributed by atoms with van der Waals surface area (Å²) in [6, 6.07) is 5.49. The molecular weight excluding hydrogens is 377 g/mol. The summed E-state index contributed by atoms with van der Waals surface area (Å²) in [6.07, 6.45) is 2.22. The number of anilines is 3. The van der Waals surface area contributed by atoms with Crippen molar-refractivity contribution in [3.05, 3.63) is 35.9 Å². The first kappa shape index (κ1) is 19.3. The molecule has 29 heavy (non-hydrogen) atoms. The number of urea groups is 1. The van der Waals surface area contributed by atoms with Gasteiger partial charge in [0.2, 0.25) is 11.9 Å². The van der Waals surface area contributed by atoms with Crippen LogP contribution in [0.25, 0.3) is 0 Å². The summed E-state index contributed by atoms with van der Waals surface area (Å²) in [5, 5.41) is 5.19. The van der Waals surface area contributed by atoms with E-state index < -0.39 is 11.8 Å². The molecule has 3 heterocycles. The van der Waals surface area contributed by atoms with Crippen LogP contribution >= 0.6 is 0 Å². The number of morpholine rings is 1. The zero-order valence-electron chi connectivity index (χ0n) is 16.1. The SMILES string of the molecule is O=C(NCc1nc(N2CCCC2)nc(N2CCOCC2)n1)Nc1ccccc1F. The first-order valence-electron chi connectivity index (χ1n) is 9.81. The Morgan fingerprint density at radius 2 is 1.66 bits per heavy atom. The van der Waals surface area contributed by atoms with E-state index in [0.717, 1.165) is 25.9 Å². The van der Waals surface area contributed by atoms with E-state index in [1.807, 2.05) is 0 Å². The van der Waals surface area contributed by atoms with Gasteiger partial charge in [-0.1, -0.05) is 12.1 Å². The monoisotopic (exact) mass is 401 g/mol. The summed E-state index contributed by atoms with van der Waals surface area (Å²) in [7, 11) is 0. The van der Waals surface area contributed by atoms with Crippen LogP contribution in [0, 0.1) is 5.82 Å². The molecule has 2 aromatic rings. The van der Waals surface area contributed by atoms with Gasteiger partial charge >= 0.3 is 6.03 Å². The Morgan fingerprint density at radius 1 is 1.00 bits per heavy atom. The predicted molar refractivity (Wildman–Crippen MR) is 107 cm³/mol. The minimum atomic E-state index is -0.522. The fourth-order valence-electron chi connectivity index (χ4n) is 3.33. The standard InChI is InChI=1S/C19H24FN7O2/c20-14-5-1-2-6-15(14)22-19(28)21-13-16-23-17(26-7-3-4-8-26)25-18(24-16)27-9-11-29-12-10-27/h1-2,5-6H,3-4,7-13H2,(H2,21,22,28). The summed E-state index contributed by atoms with van der Waals surface area (Å²) < 4.78 is 19.1. The fraction of sp³-hybridized carbons (Fsp3) is 0.474. The number of hydrogen-bond donors (Lipinski definition) is 2. The number of nitrogens with zero attached hydrogens (tertiary/aromatic N) is 5. The van der Waals surface area contributed by atoms with Crippen molar-refractivity contribution in [2.24, 2.45) is 0 Å².